The van der Waals surface area contributed by atoms with Gasteiger partial charge < -0.3 is 15.5 Å². The summed E-state index contributed by atoms with van der Waals surface area (Å²) in [7, 11) is 0. The fourth-order valence-electron chi connectivity index (χ4n) is 2.62. The average molecular weight is 262 g/mol. The molecule has 0 aromatic heterocycles. The highest BCUT2D eigenvalue weighted by Gasteiger charge is 2.23. The lowest BCUT2D eigenvalue weighted by molar-refractivity contribution is 0.163. The lowest BCUT2D eigenvalue weighted by atomic mass is 9.98. The molecule has 0 unspecified atom stereocenters. The molecule has 1 aromatic carbocycles. The van der Waals surface area contributed by atoms with E-state index in [2.05, 4.69) is 16.8 Å². The van der Waals surface area contributed by atoms with Gasteiger partial charge in [0.15, 0.2) is 0 Å². The minimum Gasteiger partial charge on any atom is -0.508 e. The lowest BCUT2D eigenvalue weighted by Crippen LogP contribution is -2.45. The van der Waals surface area contributed by atoms with Crippen LogP contribution in [0.1, 0.15) is 24.4 Å². The highest BCUT2D eigenvalue weighted by Crippen LogP contribution is 2.34. The lowest BCUT2D eigenvalue weighted by Gasteiger charge is -2.35. The number of nitrogens with one attached hydrogen (secondary N) is 1. The number of allylic oxidation sites excluding steroid dienone is 1. The van der Waals surface area contributed by atoms with Crippen LogP contribution >= 0.6 is 0 Å². The summed E-state index contributed by atoms with van der Waals surface area (Å²) in [4.78, 5) is 2.38. The van der Waals surface area contributed by atoms with E-state index in [4.69, 9.17) is 0 Å². The molecular formula is C15H22N2O2. The van der Waals surface area contributed by atoms with Crippen LogP contribution in [0.5, 0.6) is 11.5 Å². The maximum atomic E-state index is 10.1. The van der Waals surface area contributed by atoms with Crippen molar-refractivity contribution in [3.63, 3.8) is 0 Å². The fraction of sp³-hybridized carbons (Fsp3) is 0.467. The zero-order chi connectivity index (χ0) is 13.7. The first-order valence-corrected chi connectivity index (χ1v) is 6.80. The van der Waals surface area contributed by atoms with E-state index in [9.17, 15) is 10.2 Å². The smallest absolute Gasteiger partial charge is 0.124 e. The van der Waals surface area contributed by atoms with Crippen LogP contribution in [0, 0.1) is 0 Å². The van der Waals surface area contributed by atoms with Crippen molar-refractivity contribution in [2.75, 3.05) is 26.2 Å². The quantitative estimate of drug-likeness (QED) is 0.711. The van der Waals surface area contributed by atoms with Crippen LogP contribution in [0.3, 0.4) is 0 Å². The van der Waals surface area contributed by atoms with E-state index < -0.39 is 0 Å². The summed E-state index contributed by atoms with van der Waals surface area (Å²) in [5.41, 5.74) is 0.890. The molecule has 104 valence electrons. The van der Waals surface area contributed by atoms with Gasteiger partial charge in [-0.05, 0) is 18.9 Å². The van der Waals surface area contributed by atoms with Crippen molar-refractivity contribution in [2.45, 2.75) is 18.9 Å². The third-order valence-electron chi connectivity index (χ3n) is 3.61. The summed E-state index contributed by atoms with van der Waals surface area (Å²) in [5, 5.41) is 22.8. The van der Waals surface area contributed by atoms with E-state index in [-0.39, 0.29) is 17.5 Å². The minimum absolute atomic E-state index is 0.101. The number of hydrogen-bond donors (Lipinski definition) is 3. The van der Waals surface area contributed by atoms with Gasteiger partial charge in [0.25, 0.3) is 0 Å². The van der Waals surface area contributed by atoms with Crippen LogP contribution in [-0.2, 0) is 0 Å². The Morgan fingerprint density at radius 2 is 2.05 bits per heavy atom. The van der Waals surface area contributed by atoms with Gasteiger partial charge in [0.1, 0.15) is 11.5 Å². The second kappa shape index (κ2) is 6.59. The van der Waals surface area contributed by atoms with Crippen LogP contribution in [0.15, 0.2) is 30.9 Å². The zero-order valence-corrected chi connectivity index (χ0v) is 11.2. The third kappa shape index (κ3) is 3.49. The van der Waals surface area contributed by atoms with E-state index in [1.54, 1.807) is 6.07 Å². The Balaban J connectivity index is 2.22. The van der Waals surface area contributed by atoms with Gasteiger partial charge in [0.05, 0.1) is 0 Å². The molecule has 0 bridgehead atoms. The van der Waals surface area contributed by atoms with Crippen molar-refractivity contribution in [1.82, 2.24) is 10.2 Å². The molecule has 1 saturated heterocycles. The van der Waals surface area contributed by atoms with Gasteiger partial charge in [-0.1, -0.05) is 12.1 Å². The molecular weight excluding hydrogens is 240 g/mol. The van der Waals surface area contributed by atoms with E-state index >= 15 is 0 Å². The first-order valence-electron chi connectivity index (χ1n) is 6.80. The Hall–Kier alpha value is -1.52. The van der Waals surface area contributed by atoms with Gasteiger partial charge in [-0.25, -0.2) is 0 Å². The summed E-state index contributed by atoms with van der Waals surface area (Å²) in [6.07, 6.45) is 3.75. The molecule has 1 aliphatic rings. The number of nitrogens with zero attached hydrogens (tertiary/aromatic N) is 1. The Bertz CT molecular complexity index is 428. The maximum absolute atomic E-state index is 10.1. The molecule has 1 aromatic rings. The summed E-state index contributed by atoms with van der Waals surface area (Å²) in [6.45, 7) is 7.67. The Kier molecular flexibility index (Phi) is 4.82. The van der Waals surface area contributed by atoms with Crippen LogP contribution in [0.4, 0.5) is 0 Å². The van der Waals surface area contributed by atoms with Crippen LogP contribution in [0.2, 0.25) is 0 Å². The Labute approximate surface area is 114 Å². The summed E-state index contributed by atoms with van der Waals surface area (Å²) in [6, 6.07) is 5.05. The highest BCUT2D eigenvalue weighted by atomic mass is 16.3. The minimum atomic E-state index is 0.101. The molecule has 2 rings (SSSR count). The molecule has 4 heteroatoms. The molecule has 0 spiro atoms. The number of rotatable bonds is 5. The van der Waals surface area contributed by atoms with E-state index in [0.717, 1.165) is 44.6 Å². The zero-order valence-electron chi connectivity index (χ0n) is 11.2. The summed E-state index contributed by atoms with van der Waals surface area (Å²) < 4.78 is 0. The Morgan fingerprint density at radius 3 is 2.68 bits per heavy atom. The second-order valence-corrected chi connectivity index (χ2v) is 4.91. The van der Waals surface area contributed by atoms with Crippen molar-refractivity contribution in [1.29, 1.82) is 0 Å². The van der Waals surface area contributed by atoms with Gasteiger partial charge in [0.2, 0.25) is 0 Å². The fourth-order valence-corrected chi connectivity index (χ4v) is 2.62. The molecule has 3 N–H and O–H groups in total. The molecule has 1 aliphatic heterocycles. The largest absolute Gasteiger partial charge is 0.508 e. The van der Waals surface area contributed by atoms with Crippen molar-refractivity contribution >= 4 is 0 Å². The number of aromatic hydroxyl groups is 2. The standard InChI is InChI=1S/C15H22N2O2/c1-2-3-4-14(17-9-7-16-8-10-17)13-6-5-12(18)11-15(13)19/h2,5-6,11,14,16,18-19H,1,3-4,7-10H2/t14-/m1/s1. The Morgan fingerprint density at radius 1 is 1.32 bits per heavy atom. The van der Waals surface area contributed by atoms with Gasteiger partial charge in [-0.3, -0.25) is 4.90 Å². The maximum Gasteiger partial charge on any atom is 0.124 e. The molecule has 0 radical (unpaired) electrons. The van der Waals surface area contributed by atoms with Gasteiger partial charge >= 0.3 is 0 Å². The number of phenolic OH excluding ortho intramolecular Hbond substituents is 2. The first-order chi connectivity index (χ1) is 9.22. The number of hydrogen-bond acceptors (Lipinski definition) is 4. The van der Waals surface area contributed by atoms with Crippen LogP contribution in [0.25, 0.3) is 0 Å². The molecule has 0 amide bonds. The van der Waals surface area contributed by atoms with Crippen molar-refractivity contribution in [3.05, 3.63) is 36.4 Å². The second-order valence-electron chi connectivity index (χ2n) is 4.91. The summed E-state index contributed by atoms with van der Waals surface area (Å²) >= 11 is 0. The molecule has 19 heavy (non-hydrogen) atoms. The number of phenols is 2. The monoisotopic (exact) mass is 262 g/mol. The van der Waals surface area contributed by atoms with Crippen molar-refractivity contribution in [2.24, 2.45) is 0 Å². The van der Waals surface area contributed by atoms with Crippen LogP contribution < -0.4 is 5.32 Å². The van der Waals surface area contributed by atoms with E-state index in [1.165, 1.54) is 6.07 Å². The number of benzene rings is 1. The highest BCUT2D eigenvalue weighted by molar-refractivity contribution is 5.41. The normalized spacial score (nSPS) is 18.1. The average Bonchev–Trinajstić information content (AvgIpc) is 2.42. The van der Waals surface area contributed by atoms with Crippen molar-refractivity contribution < 1.29 is 10.2 Å². The molecule has 1 atom stereocenters. The SMILES string of the molecule is C=CCC[C@H](c1ccc(O)cc1O)N1CCNCC1. The molecule has 4 nitrogen and oxygen atoms in total. The predicted octanol–water partition coefficient (Wildman–Crippen LogP) is 2.01. The third-order valence-corrected chi connectivity index (χ3v) is 3.61. The van der Waals surface area contributed by atoms with Gasteiger partial charge in [-0.2, -0.15) is 0 Å². The topological polar surface area (TPSA) is 55.7 Å². The van der Waals surface area contributed by atoms with E-state index in [1.807, 2.05) is 12.1 Å². The van der Waals surface area contributed by atoms with Crippen molar-refractivity contribution in [3.8, 4) is 11.5 Å². The first kappa shape index (κ1) is 13.9. The van der Waals surface area contributed by atoms with Gasteiger partial charge in [0, 0.05) is 43.9 Å². The summed E-state index contributed by atoms with van der Waals surface area (Å²) in [5.74, 6) is 0.275. The molecule has 1 fully saturated rings. The predicted molar refractivity (Wildman–Crippen MR) is 76.4 cm³/mol. The van der Waals surface area contributed by atoms with Crippen LogP contribution in [-0.4, -0.2) is 41.3 Å². The van der Waals surface area contributed by atoms with Gasteiger partial charge in [-0.15, -0.1) is 6.58 Å². The van der Waals surface area contributed by atoms with E-state index in [0.29, 0.717) is 0 Å². The molecule has 0 saturated carbocycles. The molecule has 0 aliphatic carbocycles. The number of piperazine rings is 1. The molecule has 1 heterocycles.